The Morgan fingerprint density at radius 1 is 1.42 bits per heavy atom. The van der Waals surface area contributed by atoms with Gasteiger partial charge in [-0.15, -0.1) is 0 Å². The number of benzene rings is 1. The Balaban J connectivity index is 2.79. The van der Waals surface area contributed by atoms with Crippen LogP contribution in [0.4, 0.5) is 18.9 Å². The number of rotatable bonds is 4. The van der Waals surface area contributed by atoms with Crippen LogP contribution >= 0.6 is 11.6 Å². The first-order valence-electron chi connectivity index (χ1n) is 5.61. The molecule has 0 aliphatic rings. The second-order valence-corrected chi connectivity index (χ2v) is 4.73. The number of halogens is 4. The third-order valence-electron chi connectivity index (χ3n) is 2.34. The lowest BCUT2D eigenvalue weighted by Crippen LogP contribution is -2.19. The quantitative estimate of drug-likeness (QED) is 0.894. The molecule has 3 N–H and O–H groups in total. The number of anilines is 1. The van der Waals surface area contributed by atoms with Crippen molar-refractivity contribution in [3.05, 3.63) is 28.8 Å². The molecule has 0 aliphatic carbocycles. The zero-order chi connectivity index (χ0) is 14.6. The van der Waals surface area contributed by atoms with E-state index in [2.05, 4.69) is 5.32 Å². The van der Waals surface area contributed by atoms with E-state index < -0.39 is 17.6 Å². The fraction of sp³-hybridized carbons (Fsp3) is 0.417. The number of nitrogens with one attached hydrogen (secondary N) is 1. The molecular weight excluding hydrogens is 281 g/mol. The molecule has 0 bridgehead atoms. The Labute approximate surface area is 113 Å². The second kappa shape index (κ2) is 6.25. The highest BCUT2D eigenvalue weighted by atomic mass is 35.5. The van der Waals surface area contributed by atoms with Crippen LogP contribution in [0, 0.1) is 0 Å². The maximum atomic E-state index is 12.6. The van der Waals surface area contributed by atoms with E-state index in [1.807, 2.05) is 0 Å². The first-order valence-corrected chi connectivity index (χ1v) is 5.99. The van der Waals surface area contributed by atoms with Crippen molar-refractivity contribution in [1.82, 2.24) is 0 Å². The van der Waals surface area contributed by atoms with Gasteiger partial charge in [0.05, 0.1) is 5.56 Å². The molecule has 0 heterocycles. The standard InChI is InChI=1S/C12H14ClF3N2O/c1-7(17)2-3-11(19)18-10-5-8(12(14,15)16)4-9(13)6-10/h4-7H,2-3,17H2,1H3,(H,18,19). The van der Waals surface area contributed by atoms with Crippen LogP contribution in [0.15, 0.2) is 18.2 Å². The molecule has 1 aromatic rings. The van der Waals surface area contributed by atoms with Crippen LogP contribution in [-0.4, -0.2) is 11.9 Å². The minimum absolute atomic E-state index is 0.0227. The van der Waals surface area contributed by atoms with E-state index >= 15 is 0 Å². The van der Waals surface area contributed by atoms with Gasteiger partial charge in [0.25, 0.3) is 0 Å². The molecule has 7 heteroatoms. The summed E-state index contributed by atoms with van der Waals surface area (Å²) in [4.78, 5) is 11.5. The van der Waals surface area contributed by atoms with Gasteiger partial charge in [0.15, 0.2) is 0 Å². The summed E-state index contributed by atoms with van der Waals surface area (Å²) in [5.74, 6) is -0.396. The summed E-state index contributed by atoms with van der Waals surface area (Å²) >= 11 is 5.60. The van der Waals surface area contributed by atoms with Crippen molar-refractivity contribution >= 4 is 23.2 Å². The third kappa shape index (κ3) is 5.48. The first kappa shape index (κ1) is 15.8. The molecule has 3 nitrogen and oxygen atoms in total. The lowest BCUT2D eigenvalue weighted by Gasteiger charge is -2.11. The largest absolute Gasteiger partial charge is 0.416 e. The van der Waals surface area contributed by atoms with Crippen LogP contribution in [0.2, 0.25) is 5.02 Å². The predicted octanol–water partition coefficient (Wildman–Crippen LogP) is 3.42. The van der Waals surface area contributed by atoms with E-state index in [0.29, 0.717) is 6.42 Å². The van der Waals surface area contributed by atoms with E-state index in [1.54, 1.807) is 6.92 Å². The van der Waals surface area contributed by atoms with Gasteiger partial charge in [-0.05, 0) is 31.5 Å². The summed E-state index contributed by atoms with van der Waals surface area (Å²) in [6, 6.07) is 2.77. The highest BCUT2D eigenvalue weighted by molar-refractivity contribution is 6.31. The van der Waals surface area contributed by atoms with Gasteiger partial charge in [0, 0.05) is 23.2 Å². The Hall–Kier alpha value is -1.27. The molecule has 0 aromatic heterocycles. The fourth-order valence-corrected chi connectivity index (χ4v) is 1.64. The van der Waals surface area contributed by atoms with Gasteiger partial charge in [-0.2, -0.15) is 13.2 Å². The molecular formula is C12H14ClF3N2O. The maximum absolute atomic E-state index is 12.6. The molecule has 0 saturated heterocycles. The molecule has 0 saturated carbocycles. The van der Waals surface area contributed by atoms with Crippen LogP contribution in [0.1, 0.15) is 25.3 Å². The maximum Gasteiger partial charge on any atom is 0.416 e. The van der Waals surface area contributed by atoms with E-state index in [9.17, 15) is 18.0 Å². The van der Waals surface area contributed by atoms with E-state index in [0.717, 1.165) is 12.1 Å². The summed E-state index contributed by atoms with van der Waals surface area (Å²) in [5, 5.41) is 2.29. The van der Waals surface area contributed by atoms with Gasteiger partial charge in [0.2, 0.25) is 5.91 Å². The SMILES string of the molecule is CC(N)CCC(=O)Nc1cc(Cl)cc(C(F)(F)F)c1. The Morgan fingerprint density at radius 3 is 2.58 bits per heavy atom. The summed E-state index contributed by atoms with van der Waals surface area (Å²) in [6.45, 7) is 1.74. The van der Waals surface area contributed by atoms with Crippen molar-refractivity contribution in [2.75, 3.05) is 5.32 Å². The van der Waals surface area contributed by atoms with Crippen molar-refractivity contribution in [3.63, 3.8) is 0 Å². The summed E-state index contributed by atoms with van der Waals surface area (Å²) < 4.78 is 37.7. The zero-order valence-electron chi connectivity index (χ0n) is 10.2. The molecule has 1 atom stereocenters. The molecule has 106 valence electrons. The summed E-state index contributed by atoms with van der Waals surface area (Å²) in [6.07, 6.45) is -3.90. The first-order chi connectivity index (χ1) is 8.68. The molecule has 0 radical (unpaired) electrons. The van der Waals surface area contributed by atoms with Gasteiger partial charge in [0.1, 0.15) is 0 Å². The Kier molecular flexibility index (Phi) is 5.20. The number of hydrogen-bond donors (Lipinski definition) is 2. The number of carbonyl (C=O) groups excluding carboxylic acids is 1. The van der Waals surface area contributed by atoms with Crippen molar-refractivity contribution in [2.24, 2.45) is 5.73 Å². The molecule has 0 spiro atoms. The highest BCUT2D eigenvalue weighted by Crippen LogP contribution is 2.33. The van der Waals surface area contributed by atoms with Crippen LogP contribution in [0.5, 0.6) is 0 Å². The van der Waals surface area contributed by atoms with Crippen LogP contribution < -0.4 is 11.1 Å². The van der Waals surface area contributed by atoms with Crippen LogP contribution in [0.25, 0.3) is 0 Å². The number of hydrogen-bond acceptors (Lipinski definition) is 2. The van der Waals surface area contributed by atoms with Crippen LogP contribution in [-0.2, 0) is 11.0 Å². The van der Waals surface area contributed by atoms with E-state index in [-0.39, 0.29) is 23.2 Å². The topological polar surface area (TPSA) is 55.1 Å². The van der Waals surface area contributed by atoms with Crippen molar-refractivity contribution in [2.45, 2.75) is 32.0 Å². The molecule has 19 heavy (non-hydrogen) atoms. The predicted molar refractivity (Wildman–Crippen MR) is 68.0 cm³/mol. The molecule has 1 amide bonds. The Morgan fingerprint density at radius 2 is 2.05 bits per heavy atom. The van der Waals surface area contributed by atoms with Gasteiger partial charge >= 0.3 is 6.18 Å². The van der Waals surface area contributed by atoms with Crippen molar-refractivity contribution in [3.8, 4) is 0 Å². The number of carbonyl (C=O) groups is 1. The molecule has 0 fully saturated rings. The number of alkyl halides is 3. The average Bonchev–Trinajstić information content (AvgIpc) is 2.24. The third-order valence-corrected chi connectivity index (χ3v) is 2.55. The van der Waals surface area contributed by atoms with Gasteiger partial charge in [-0.25, -0.2) is 0 Å². The van der Waals surface area contributed by atoms with Gasteiger partial charge in [-0.3, -0.25) is 4.79 Å². The lowest BCUT2D eigenvalue weighted by atomic mass is 10.1. The highest BCUT2D eigenvalue weighted by Gasteiger charge is 2.31. The van der Waals surface area contributed by atoms with Crippen molar-refractivity contribution in [1.29, 1.82) is 0 Å². The molecule has 0 aliphatic heterocycles. The second-order valence-electron chi connectivity index (χ2n) is 4.29. The normalized spacial score (nSPS) is 13.2. The zero-order valence-corrected chi connectivity index (χ0v) is 11.0. The number of nitrogens with two attached hydrogens (primary N) is 1. The Bertz CT molecular complexity index is 461. The molecule has 1 rings (SSSR count). The average molecular weight is 295 g/mol. The number of amides is 1. The summed E-state index contributed by atoms with van der Waals surface area (Å²) in [7, 11) is 0. The lowest BCUT2D eigenvalue weighted by molar-refractivity contribution is -0.137. The van der Waals surface area contributed by atoms with Gasteiger partial charge in [-0.1, -0.05) is 11.6 Å². The minimum Gasteiger partial charge on any atom is -0.328 e. The van der Waals surface area contributed by atoms with E-state index in [4.69, 9.17) is 17.3 Å². The van der Waals surface area contributed by atoms with Gasteiger partial charge < -0.3 is 11.1 Å². The fourth-order valence-electron chi connectivity index (χ4n) is 1.41. The molecule has 1 aromatic carbocycles. The monoisotopic (exact) mass is 294 g/mol. The smallest absolute Gasteiger partial charge is 0.328 e. The minimum atomic E-state index is -4.50. The summed E-state index contributed by atoms with van der Waals surface area (Å²) in [5.41, 5.74) is 4.61. The molecule has 1 unspecified atom stereocenters. The van der Waals surface area contributed by atoms with E-state index in [1.165, 1.54) is 6.07 Å². The van der Waals surface area contributed by atoms with Crippen LogP contribution in [0.3, 0.4) is 0 Å². The van der Waals surface area contributed by atoms with Crippen molar-refractivity contribution < 1.29 is 18.0 Å².